The molecule has 1 aromatic carbocycles. The first-order chi connectivity index (χ1) is 10.5. The highest BCUT2D eigenvalue weighted by Gasteiger charge is 2.30. The summed E-state index contributed by atoms with van der Waals surface area (Å²) in [6, 6.07) is 9.51. The zero-order valence-electron chi connectivity index (χ0n) is 12.4. The van der Waals surface area contributed by atoms with Crippen LogP contribution in [0.25, 0.3) is 0 Å². The van der Waals surface area contributed by atoms with Gasteiger partial charge in [0.25, 0.3) is 10.2 Å². The van der Waals surface area contributed by atoms with Crippen molar-refractivity contribution in [2.24, 2.45) is 0 Å². The molecule has 1 saturated heterocycles. The highest BCUT2D eigenvalue weighted by atomic mass is 35.5. The molecule has 0 saturated carbocycles. The van der Waals surface area contributed by atoms with Crippen molar-refractivity contribution in [1.82, 2.24) is 8.61 Å². The minimum Gasteiger partial charge on any atom is -0.368 e. The molecule has 1 aliphatic rings. The van der Waals surface area contributed by atoms with Gasteiger partial charge in [-0.25, -0.2) is 0 Å². The number of nitriles is 1. The van der Waals surface area contributed by atoms with Gasteiger partial charge in [-0.15, -0.1) is 0 Å². The molecule has 1 fully saturated rings. The molecule has 1 aliphatic heterocycles. The molecule has 0 unspecified atom stereocenters. The van der Waals surface area contributed by atoms with Crippen LogP contribution in [-0.4, -0.2) is 56.8 Å². The second-order valence-electron chi connectivity index (χ2n) is 5.07. The predicted molar refractivity (Wildman–Crippen MR) is 87.0 cm³/mol. The molecule has 1 heterocycles. The number of anilines is 1. The van der Waals surface area contributed by atoms with Gasteiger partial charge < -0.3 is 4.90 Å². The van der Waals surface area contributed by atoms with Crippen molar-refractivity contribution >= 4 is 27.5 Å². The molecule has 0 atom stereocenters. The van der Waals surface area contributed by atoms with E-state index in [1.807, 2.05) is 30.3 Å². The summed E-state index contributed by atoms with van der Waals surface area (Å²) in [6.45, 7) is 2.21. The molecule has 0 spiro atoms. The summed E-state index contributed by atoms with van der Waals surface area (Å²) in [5.74, 6) is 0. The van der Waals surface area contributed by atoms with Crippen molar-refractivity contribution in [2.45, 2.75) is 6.42 Å². The molecule has 0 radical (unpaired) electrons. The largest absolute Gasteiger partial charge is 0.368 e. The summed E-state index contributed by atoms with van der Waals surface area (Å²) in [5, 5.41) is 9.24. The van der Waals surface area contributed by atoms with Gasteiger partial charge >= 0.3 is 0 Å². The first-order valence-corrected chi connectivity index (χ1v) is 8.82. The molecule has 8 heteroatoms. The van der Waals surface area contributed by atoms with Crippen molar-refractivity contribution in [1.29, 1.82) is 5.26 Å². The Labute approximate surface area is 136 Å². The monoisotopic (exact) mass is 342 g/mol. The smallest absolute Gasteiger partial charge is 0.281 e. The highest BCUT2D eigenvalue weighted by molar-refractivity contribution is 7.86. The third-order valence-electron chi connectivity index (χ3n) is 3.69. The molecule has 0 aliphatic carbocycles. The van der Waals surface area contributed by atoms with Crippen LogP contribution in [0.4, 0.5) is 5.69 Å². The van der Waals surface area contributed by atoms with Crippen molar-refractivity contribution < 1.29 is 8.42 Å². The average molecular weight is 343 g/mol. The zero-order valence-corrected chi connectivity index (χ0v) is 14.0. The van der Waals surface area contributed by atoms with E-state index in [9.17, 15) is 8.42 Å². The Kier molecular flexibility index (Phi) is 5.64. The van der Waals surface area contributed by atoms with Crippen LogP contribution in [0.5, 0.6) is 0 Å². The number of piperazine rings is 1. The van der Waals surface area contributed by atoms with Gasteiger partial charge in [-0.3, -0.25) is 0 Å². The highest BCUT2D eigenvalue weighted by Crippen LogP contribution is 2.26. The molecule has 1 aromatic rings. The van der Waals surface area contributed by atoms with E-state index in [0.29, 0.717) is 31.2 Å². The molecular weight excluding hydrogens is 324 g/mol. The number of hydrogen-bond donors (Lipinski definition) is 0. The average Bonchev–Trinajstić information content (AvgIpc) is 2.53. The van der Waals surface area contributed by atoms with E-state index in [-0.39, 0.29) is 13.0 Å². The van der Waals surface area contributed by atoms with Crippen molar-refractivity contribution in [3.63, 3.8) is 0 Å². The van der Waals surface area contributed by atoms with Gasteiger partial charge in [-0.1, -0.05) is 23.7 Å². The summed E-state index contributed by atoms with van der Waals surface area (Å²) in [6.07, 6.45) is 0.190. The normalized spacial score (nSPS) is 16.7. The molecule has 6 nitrogen and oxygen atoms in total. The molecule has 2 rings (SSSR count). The Morgan fingerprint density at radius 3 is 2.50 bits per heavy atom. The number of hydrogen-bond acceptors (Lipinski definition) is 4. The van der Waals surface area contributed by atoms with Crippen LogP contribution in [0.15, 0.2) is 24.3 Å². The molecule has 22 heavy (non-hydrogen) atoms. The summed E-state index contributed by atoms with van der Waals surface area (Å²) in [7, 11) is -1.99. The van der Waals surface area contributed by atoms with E-state index < -0.39 is 10.2 Å². The topological polar surface area (TPSA) is 67.6 Å². The van der Waals surface area contributed by atoms with Gasteiger partial charge in [0.1, 0.15) is 0 Å². The number of nitrogens with zero attached hydrogens (tertiary/aromatic N) is 4. The van der Waals surface area contributed by atoms with E-state index >= 15 is 0 Å². The molecule has 0 aromatic heterocycles. The second kappa shape index (κ2) is 7.29. The first-order valence-electron chi connectivity index (χ1n) is 7.04. The van der Waals surface area contributed by atoms with Gasteiger partial charge in [-0.2, -0.15) is 22.3 Å². The minimum absolute atomic E-state index is 0.190. The molecular formula is C14H19ClN4O2S. The minimum atomic E-state index is -3.49. The van der Waals surface area contributed by atoms with Crippen LogP contribution < -0.4 is 4.90 Å². The number of benzene rings is 1. The summed E-state index contributed by atoms with van der Waals surface area (Å²) < 4.78 is 27.5. The maximum Gasteiger partial charge on any atom is 0.281 e. The lowest BCUT2D eigenvalue weighted by atomic mass is 10.2. The molecule has 0 bridgehead atoms. The van der Waals surface area contributed by atoms with Gasteiger partial charge in [0.2, 0.25) is 0 Å². The van der Waals surface area contributed by atoms with Crippen LogP contribution in [0.2, 0.25) is 5.02 Å². The van der Waals surface area contributed by atoms with Crippen LogP contribution >= 0.6 is 11.6 Å². The Bertz CT molecular complexity index is 651. The van der Waals surface area contributed by atoms with Crippen LogP contribution in [0.3, 0.4) is 0 Å². The van der Waals surface area contributed by atoms with Gasteiger partial charge in [0.05, 0.1) is 16.8 Å². The lowest BCUT2D eigenvalue weighted by molar-refractivity contribution is 0.344. The predicted octanol–water partition coefficient (Wildman–Crippen LogP) is 1.55. The van der Waals surface area contributed by atoms with Crippen LogP contribution in [0, 0.1) is 11.3 Å². The molecule has 0 amide bonds. The number of rotatable bonds is 5. The SMILES string of the molecule is CN(CCC#N)S(=O)(=O)N1CCN(c2ccccc2Cl)CC1. The van der Waals surface area contributed by atoms with E-state index in [0.717, 1.165) is 5.69 Å². The summed E-state index contributed by atoms with van der Waals surface area (Å²) in [5.41, 5.74) is 0.930. The van der Waals surface area contributed by atoms with Crippen LogP contribution in [0.1, 0.15) is 6.42 Å². The van der Waals surface area contributed by atoms with Crippen molar-refractivity contribution in [2.75, 3.05) is 44.7 Å². The summed E-state index contributed by atoms with van der Waals surface area (Å²) in [4.78, 5) is 2.09. The first kappa shape index (κ1) is 17.0. The Morgan fingerprint density at radius 1 is 1.27 bits per heavy atom. The standard InChI is InChI=1S/C14H19ClN4O2S/c1-17(8-4-7-16)22(20,21)19-11-9-18(10-12-19)14-6-3-2-5-13(14)15/h2-3,5-6H,4,8-12H2,1H3. The Morgan fingerprint density at radius 2 is 1.91 bits per heavy atom. The zero-order chi connectivity index (χ0) is 16.2. The Hall–Kier alpha value is -1.33. The van der Waals surface area contributed by atoms with Crippen LogP contribution in [-0.2, 0) is 10.2 Å². The fourth-order valence-electron chi connectivity index (χ4n) is 2.39. The quantitative estimate of drug-likeness (QED) is 0.814. The molecule has 0 N–H and O–H groups in total. The maximum absolute atomic E-state index is 12.4. The second-order valence-corrected chi connectivity index (χ2v) is 7.52. The van der Waals surface area contributed by atoms with E-state index in [4.69, 9.17) is 16.9 Å². The van der Waals surface area contributed by atoms with E-state index in [1.165, 1.54) is 15.7 Å². The number of para-hydroxylation sites is 1. The van der Waals surface area contributed by atoms with E-state index in [1.54, 1.807) is 0 Å². The third-order valence-corrected chi connectivity index (χ3v) is 6.00. The van der Waals surface area contributed by atoms with Gasteiger partial charge in [0, 0.05) is 46.2 Å². The van der Waals surface area contributed by atoms with Crippen molar-refractivity contribution in [3.8, 4) is 6.07 Å². The summed E-state index contributed by atoms with van der Waals surface area (Å²) >= 11 is 6.18. The lowest BCUT2D eigenvalue weighted by Crippen LogP contribution is -2.52. The fourth-order valence-corrected chi connectivity index (χ4v) is 3.98. The molecule has 120 valence electrons. The van der Waals surface area contributed by atoms with E-state index in [2.05, 4.69) is 4.90 Å². The fraction of sp³-hybridized carbons (Fsp3) is 0.500. The third kappa shape index (κ3) is 3.70. The van der Waals surface area contributed by atoms with Gasteiger partial charge in [-0.05, 0) is 12.1 Å². The maximum atomic E-state index is 12.4. The lowest BCUT2D eigenvalue weighted by Gasteiger charge is -2.37. The van der Waals surface area contributed by atoms with Gasteiger partial charge in [0.15, 0.2) is 0 Å². The Balaban J connectivity index is 2.00. The number of halogens is 1. The van der Waals surface area contributed by atoms with Crippen molar-refractivity contribution in [3.05, 3.63) is 29.3 Å².